The summed E-state index contributed by atoms with van der Waals surface area (Å²) in [6.45, 7) is 6.35. The molecule has 1 fully saturated rings. The van der Waals surface area contributed by atoms with Crippen molar-refractivity contribution < 1.29 is 14.6 Å². The average Bonchev–Trinajstić information content (AvgIpc) is 2.69. The third-order valence-electron chi connectivity index (χ3n) is 3.78. The number of nitrogens with one attached hydrogen (secondary N) is 1. The maximum Gasteiger partial charge on any atom is 0.410 e. The van der Waals surface area contributed by atoms with Crippen molar-refractivity contribution in [3.05, 3.63) is 5.56 Å². The third-order valence-corrected chi connectivity index (χ3v) is 3.78. The molecule has 2 heterocycles. The number of aliphatic hydroxyl groups is 1. The van der Waals surface area contributed by atoms with E-state index in [2.05, 4.69) is 10.2 Å². The van der Waals surface area contributed by atoms with E-state index in [0.29, 0.717) is 49.6 Å². The standard InChI is InChI=1S/C14H25N5O3/c1-13(2,3)22-12(20)19-6-4-14(21,5-7-19)8-9-10(15)17-18-11(9)16/h21H,4-8H2,1-3H3,(H5,15,16,17,18). The van der Waals surface area contributed by atoms with Gasteiger partial charge in [0.1, 0.15) is 11.4 Å². The number of aromatic amines is 1. The van der Waals surface area contributed by atoms with Crippen LogP contribution in [0.2, 0.25) is 0 Å². The van der Waals surface area contributed by atoms with Gasteiger partial charge in [0.25, 0.3) is 0 Å². The summed E-state index contributed by atoms with van der Waals surface area (Å²) in [7, 11) is 0. The molecule has 0 spiro atoms. The monoisotopic (exact) mass is 311 g/mol. The van der Waals surface area contributed by atoms with Crippen LogP contribution in [-0.2, 0) is 11.2 Å². The first kappa shape index (κ1) is 16.4. The van der Waals surface area contributed by atoms with Crippen LogP contribution < -0.4 is 11.5 Å². The van der Waals surface area contributed by atoms with E-state index in [9.17, 15) is 9.90 Å². The predicted molar refractivity (Wildman–Crippen MR) is 83.1 cm³/mol. The Labute approximate surface area is 129 Å². The van der Waals surface area contributed by atoms with Gasteiger partial charge in [0.05, 0.1) is 5.60 Å². The normalized spacial score (nSPS) is 18.3. The zero-order chi connectivity index (χ0) is 16.5. The summed E-state index contributed by atoms with van der Waals surface area (Å²) in [6.07, 6.45) is 0.854. The van der Waals surface area contributed by atoms with E-state index >= 15 is 0 Å². The van der Waals surface area contributed by atoms with Gasteiger partial charge in [-0.1, -0.05) is 0 Å². The van der Waals surface area contributed by atoms with Crippen molar-refractivity contribution in [2.24, 2.45) is 0 Å². The Morgan fingerprint density at radius 3 is 2.45 bits per heavy atom. The maximum atomic E-state index is 12.0. The fourth-order valence-corrected chi connectivity index (χ4v) is 2.52. The van der Waals surface area contributed by atoms with Gasteiger partial charge in [-0.05, 0) is 33.6 Å². The number of amides is 1. The molecule has 2 rings (SSSR count). The van der Waals surface area contributed by atoms with Crippen molar-refractivity contribution in [3.63, 3.8) is 0 Å². The Kier molecular flexibility index (Phi) is 4.23. The van der Waals surface area contributed by atoms with Gasteiger partial charge in [-0.25, -0.2) is 4.79 Å². The van der Waals surface area contributed by atoms with Crippen molar-refractivity contribution >= 4 is 17.7 Å². The zero-order valence-electron chi connectivity index (χ0n) is 13.3. The molecule has 1 aromatic heterocycles. The van der Waals surface area contributed by atoms with Gasteiger partial charge in [0.15, 0.2) is 5.82 Å². The summed E-state index contributed by atoms with van der Waals surface area (Å²) in [4.78, 5) is 13.6. The topological polar surface area (TPSA) is 130 Å². The molecule has 22 heavy (non-hydrogen) atoms. The number of nitrogens with two attached hydrogens (primary N) is 2. The summed E-state index contributed by atoms with van der Waals surface area (Å²) in [5, 5.41) is 17.1. The molecule has 1 saturated heterocycles. The van der Waals surface area contributed by atoms with E-state index in [1.807, 2.05) is 20.8 Å². The van der Waals surface area contributed by atoms with Crippen LogP contribution in [0.3, 0.4) is 0 Å². The van der Waals surface area contributed by atoms with Crippen LogP contribution in [0.1, 0.15) is 39.2 Å². The molecule has 1 amide bonds. The van der Waals surface area contributed by atoms with Crippen LogP contribution >= 0.6 is 0 Å². The Morgan fingerprint density at radius 1 is 1.41 bits per heavy atom. The molecule has 1 aliphatic heterocycles. The Balaban J connectivity index is 1.95. The van der Waals surface area contributed by atoms with Crippen molar-refractivity contribution in [3.8, 4) is 0 Å². The number of carbonyl (C=O) groups is 1. The van der Waals surface area contributed by atoms with Crippen LogP contribution in [0, 0.1) is 0 Å². The van der Waals surface area contributed by atoms with E-state index in [-0.39, 0.29) is 6.09 Å². The molecule has 8 heteroatoms. The molecule has 0 unspecified atom stereocenters. The minimum atomic E-state index is -0.940. The highest BCUT2D eigenvalue weighted by molar-refractivity contribution is 5.68. The lowest BCUT2D eigenvalue weighted by atomic mass is 9.86. The van der Waals surface area contributed by atoms with E-state index in [1.165, 1.54) is 0 Å². The molecular formula is C14H25N5O3. The third kappa shape index (κ3) is 3.82. The quantitative estimate of drug-likeness (QED) is 0.641. The molecule has 0 saturated carbocycles. The number of hydrogen-bond acceptors (Lipinski definition) is 6. The summed E-state index contributed by atoms with van der Waals surface area (Å²) in [6, 6.07) is 0. The van der Waals surface area contributed by atoms with Crippen LogP contribution in [0.15, 0.2) is 0 Å². The van der Waals surface area contributed by atoms with Gasteiger partial charge in [0, 0.05) is 25.1 Å². The van der Waals surface area contributed by atoms with Gasteiger partial charge in [-0.3, -0.25) is 5.10 Å². The molecule has 1 aliphatic rings. The van der Waals surface area contributed by atoms with E-state index < -0.39 is 11.2 Å². The largest absolute Gasteiger partial charge is 0.444 e. The molecule has 8 nitrogen and oxygen atoms in total. The van der Waals surface area contributed by atoms with Crippen LogP contribution in [-0.4, -0.2) is 50.6 Å². The van der Waals surface area contributed by atoms with Gasteiger partial charge in [-0.15, -0.1) is 0 Å². The number of anilines is 2. The van der Waals surface area contributed by atoms with Gasteiger partial charge in [-0.2, -0.15) is 5.10 Å². The molecule has 0 atom stereocenters. The maximum absolute atomic E-state index is 12.0. The first-order chi connectivity index (χ1) is 10.1. The number of hydrogen-bond donors (Lipinski definition) is 4. The van der Waals surface area contributed by atoms with E-state index in [1.54, 1.807) is 4.90 Å². The smallest absolute Gasteiger partial charge is 0.410 e. The SMILES string of the molecule is CC(C)(C)OC(=O)N1CCC(O)(Cc2c(N)n[nH]c2N)CC1. The number of ether oxygens (including phenoxy) is 1. The number of aromatic nitrogens is 2. The highest BCUT2D eigenvalue weighted by atomic mass is 16.6. The number of rotatable bonds is 2. The fraction of sp³-hybridized carbons (Fsp3) is 0.714. The molecule has 0 radical (unpaired) electrons. The number of piperidine rings is 1. The van der Waals surface area contributed by atoms with Crippen LogP contribution in [0.5, 0.6) is 0 Å². The molecule has 0 aliphatic carbocycles. The number of nitrogens with zero attached hydrogens (tertiary/aromatic N) is 2. The second kappa shape index (κ2) is 5.68. The van der Waals surface area contributed by atoms with Gasteiger partial charge < -0.3 is 26.2 Å². The summed E-state index contributed by atoms with van der Waals surface area (Å²) >= 11 is 0. The van der Waals surface area contributed by atoms with Crippen LogP contribution in [0.4, 0.5) is 16.4 Å². The Bertz CT molecular complexity index is 522. The van der Waals surface area contributed by atoms with Crippen molar-refractivity contribution in [1.82, 2.24) is 15.1 Å². The average molecular weight is 311 g/mol. The fourth-order valence-electron chi connectivity index (χ4n) is 2.52. The lowest BCUT2D eigenvalue weighted by Crippen LogP contribution is -2.49. The second-order valence-corrected chi connectivity index (χ2v) is 6.87. The summed E-state index contributed by atoms with van der Waals surface area (Å²) < 4.78 is 5.34. The minimum Gasteiger partial charge on any atom is -0.444 e. The number of carbonyl (C=O) groups excluding carboxylic acids is 1. The van der Waals surface area contributed by atoms with Gasteiger partial charge in [0.2, 0.25) is 0 Å². The van der Waals surface area contributed by atoms with Gasteiger partial charge >= 0.3 is 6.09 Å². The Morgan fingerprint density at radius 2 is 2.00 bits per heavy atom. The number of nitrogen functional groups attached to an aromatic ring is 2. The zero-order valence-corrected chi connectivity index (χ0v) is 13.3. The first-order valence-corrected chi connectivity index (χ1v) is 7.38. The molecule has 0 bridgehead atoms. The molecule has 0 aromatic carbocycles. The minimum absolute atomic E-state index is 0.306. The number of H-pyrrole nitrogens is 1. The Hall–Kier alpha value is -1.96. The molecule has 6 N–H and O–H groups in total. The first-order valence-electron chi connectivity index (χ1n) is 7.38. The van der Waals surface area contributed by atoms with E-state index in [0.717, 1.165) is 0 Å². The van der Waals surface area contributed by atoms with E-state index in [4.69, 9.17) is 16.2 Å². The highest BCUT2D eigenvalue weighted by Crippen LogP contribution is 2.30. The van der Waals surface area contributed by atoms with Crippen LogP contribution in [0.25, 0.3) is 0 Å². The van der Waals surface area contributed by atoms with Crippen molar-refractivity contribution in [2.75, 3.05) is 24.6 Å². The van der Waals surface area contributed by atoms with Crippen molar-refractivity contribution in [1.29, 1.82) is 0 Å². The molecule has 124 valence electrons. The van der Waals surface area contributed by atoms with Crippen molar-refractivity contribution in [2.45, 2.75) is 51.2 Å². The molecular weight excluding hydrogens is 286 g/mol. The summed E-state index contributed by atoms with van der Waals surface area (Å²) in [5.74, 6) is 0.681. The second-order valence-electron chi connectivity index (χ2n) is 6.87. The summed E-state index contributed by atoms with van der Waals surface area (Å²) in [5.41, 5.74) is 10.7. The highest BCUT2D eigenvalue weighted by Gasteiger charge is 2.36. The lowest BCUT2D eigenvalue weighted by Gasteiger charge is -2.38. The molecule has 1 aromatic rings. The number of likely N-dealkylation sites (tertiary alicyclic amines) is 1. The predicted octanol–water partition coefficient (Wildman–Crippen LogP) is 0.879. The lowest BCUT2D eigenvalue weighted by molar-refractivity contribution is -0.0313.